The van der Waals surface area contributed by atoms with Gasteiger partial charge in [0.1, 0.15) is 11.6 Å². The number of benzene rings is 1. The van der Waals surface area contributed by atoms with E-state index >= 15 is 0 Å². The van der Waals surface area contributed by atoms with Crippen molar-refractivity contribution in [3.8, 4) is 0 Å². The van der Waals surface area contributed by atoms with Crippen LogP contribution in [0.3, 0.4) is 0 Å². The van der Waals surface area contributed by atoms with Crippen LogP contribution in [0, 0.1) is 0 Å². The van der Waals surface area contributed by atoms with E-state index in [1.165, 1.54) is 31.6 Å². The predicted octanol–water partition coefficient (Wildman–Crippen LogP) is 2.50. The van der Waals surface area contributed by atoms with E-state index in [9.17, 15) is 4.79 Å². The fraction of sp³-hybridized carbons (Fsp3) is 0.607. The molecule has 1 aromatic heterocycles. The highest BCUT2D eigenvalue weighted by Crippen LogP contribution is 2.25. The molecular formula is C28H42N8O2S. The third-order valence-corrected chi connectivity index (χ3v) is 8.17. The highest BCUT2D eigenvalue weighted by atomic mass is 32.2. The lowest BCUT2D eigenvalue weighted by Crippen LogP contribution is -2.50. The van der Waals surface area contributed by atoms with Crippen LogP contribution in [0.2, 0.25) is 0 Å². The van der Waals surface area contributed by atoms with Gasteiger partial charge >= 0.3 is 0 Å². The quantitative estimate of drug-likeness (QED) is 0.245. The summed E-state index contributed by atoms with van der Waals surface area (Å²) in [6.07, 6.45) is 5.65. The summed E-state index contributed by atoms with van der Waals surface area (Å²) < 4.78 is 5.47. The van der Waals surface area contributed by atoms with Gasteiger partial charge in [0.25, 0.3) is 0 Å². The molecule has 0 bridgehead atoms. The van der Waals surface area contributed by atoms with Crippen LogP contribution >= 0.6 is 11.8 Å². The molecule has 3 saturated heterocycles. The Bertz CT molecular complexity index is 1050. The average Bonchev–Trinajstić information content (AvgIpc) is 3.50. The maximum atomic E-state index is 12.5. The molecule has 0 spiro atoms. The van der Waals surface area contributed by atoms with E-state index in [0.29, 0.717) is 6.54 Å². The number of thioether (sulfide) groups is 1. The molecule has 0 atom stereocenters. The fourth-order valence-corrected chi connectivity index (χ4v) is 5.76. The van der Waals surface area contributed by atoms with Gasteiger partial charge in [0.05, 0.1) is 19.8 Å². The molecule has 2 aromatic rings. The molecule has 10 nitrogen and oxygen atoms in total. The van der Waals surface area contributed by atoms with E-state index in [-0.39, 0.29) is 5.91 Å². The number of aromatic nitrogens is 2. The number of likely N-dealkylation sites (tertiary alicyclic amines) is 1. The van der Waals surface area contributed by atoms with E-state index in [2.05, 4.69) is 54.5 Å². The number of nitrogens with zero attached hydrogens (tertiary/aromatic N) is 6. The van der Waals surface area contributed by atoms with Gasteiger partial charge in [0.15, 0.2) is 5.16 Å². The summed E-state index contributed by atoms with van der Waals surface area (Å²) in [5.74, 6) is 1.84. The smallest absolute Gasteiger partial charge is 0.234 e. The minimum absolute atomic E-state index is 0.128. The molecule has 5 rings (SSSR count). The molecule has 3 fully saturated rings. The summed E-state index contributed by atoms with van der Waals surface area (Å²) in [4.78, 5) is 31.3. The minimum Gasteiger partial charge on any atom is -0.378 e. The van der Waals surface area contributed by atoms with Gasteiger partial charge in [0, 0.05) is 63.3 Å². The topological polar surface area (TPSA) is 89.1 Å². The van der Waals surface area contributed by atoms with Crippen LogP contribution in [-0.4, -0.2) is 117 Å². The molecule has 11 heteroatoms. The lowest BCUT2D eigenvalue weighted by atomic mass is 10.2. The van der Waals surface area contributed by atoms with Crippen LogP contribution in [0.15, 0.2) is 35.5 Å². The number of nitrogens with one attached hydrogen (secondary N) is 2. The highest BCUT2D eigenvalue weighted by molar-refractivity contribution is 7.98. The number of hydrogen-bond donors (Lipinski definition) is 2. The third-order valence-electron chi connectivity index (χ3n) is 7.63. The maximum Gasteiger partial charge on any atom is 0.234 e. The average molecular weight is 555 g/mol. The standard InChI is InChI=1S/C28H42N8O2S/c1-39-28-31-25(30-23-5-7-24(8-6-23)35-17-19-38-20-18-35)21-26(32-28)36-15-13-34(14-16-36)22-27(37)29-9-4-12-33-10-2-3-11-33/h5-8,21H,2-4,9-20,22H2,1H3,(H,29,37)(H,30,31,32). The number of rotatable bonds is 11. The Morgan fingerprint density at radius 2 is 1.67 bits per heavy atom. The van der Waals surface area contributed by atoms with Crippen LogP contribution in [0.25, 0.3) is 0 Å². The lowest BCUT2D eigenvalue weighted by Gasteiger charge is -2.35. The number of ether oxygens (including phenoxy) is 1. The van der Waals surface area contributed by atoms with E-state index in [4.69, 9.17) is 14.7 Å². The van der Waals surface area contributed by atoms with Gasteiger partial charge in [0.2, 0.25) is 5.91 Å². The molecule has 0 aliphatic carbocycles. The molecule has 3 aliphatic rings. The van der Waals surface area contributed by atoms with Crippen molar-refractivity contribution in [3.05, 3.63) is 30.3 Å². The first kappa shape index (κ1) is 27.9. The van der Waals surface area contributed by atoms with Crippen LogP contribution in [0.4, 0.5) is 23.0 Å². The SMILES string of the molecule is CSc1nc(Nc2ccc(N3CCOCC3)cc2)cc(N2CCN(CC(=O)NCCCN3CCCC3)CC2)n1. The van der Waals surface area contributed by atoms with Crippen LogP contribution < -0.4 is 20.4 Å². The van der Waals surface area contributed by atoms with Crippen molar-refractivity contribution in [2.45, 2.75) is 24.4 Å². The Kier molecular flexibility index (Phi) is 10.1. The normalized spacial score (nSPS) is 18.9. The highest BCUT2D eigenvalue weighted by Gasteiger charge is 2.21. The number of carbonyl (C=O) groups excluding carboxylic acids is 1. The predicted molar refractivity (Wildman–Crippen MR) is 159 cm³/mol. The van der Waals surface area contributed by atoms with Gasteiger partial charge in [-0.15, -0.1) is 0 Å². The first-order valence-corrected chi connectivity index (χ1v) is 15.5. The number of carbonyl (C=O) groups is 1. The van der Waals surface area contributed by atoms with Gasteiger partial charge in [-0.1, -0.05) is 11.8 Å². The first-order valence-electron chi connectivity index (χ1n) is 14.3. The van der Waals surface area contributed by atoms with Crippen LogP contribution in [0.5, 0.6) is 0 Å². The summed E-state index contributed by atoms with van der Waals surface area (Å²) in [6.45, 7) is 11.5. The molecule has 0 unspecified atom stereocenters. The van der Waals surface area contributed by atoms with Gasteiger partial charge < -0.3 is 30.1 Å². The second-order valence-corrected chi connectivity index (χ2v) is 11.2. The summed E-state index contributed by atoms with van der Waals surface area (Å²) in [5, 5.41) is 7.31. The lowest BCUT2D eigenvalue weighted by molar-refractivity contribution is -0.122. The molecule has 4 heterocycles. The molecule has 0 radical (unpaired) electrons. The molecule has 2 N–H and O–H groups in total. The molecule has 3 aliphatic heterocycles. The van der Waals surface area contributed by atoms with E-state index < -0.39 is 0 Å². The van der Waals surface area contributed by atoms with Crippen LogP contribution in [-0.2, 0) is 9.53 Å². The number of anilines is 4. The van der Waals surface area contributed by atoms with Crippen molar-refractivity contribution in [3.63, 3.8) is 0 Å². The van der Waals surface area contributed by atoms with E-state index in [0.717, 1.165) is 94.5 Å². The van der Waals surface area contributed by atoms with Crippen molar-refractivity contribution >= 4 is 40.7 Å². The summed E-state index contributed by atoms with van der Waals surface area (Å²) in [7, 11) is 0. The van der Waals surface area contributed by atoms with Crippen molar-refractivity contribution in [1.82, 2.24) is 25.1 Å². The third kappa shape index (κ3) is 8.20. The molecular weight excluding hydrogens is 512 g/mol. The van der Waals surface area contributed by atoms with Crippen molar-refractivity contribution in [2.24, 2.45) is 0 Å². The van der Waals surface area contributed by atoms with Gasteiger partial charge in [-0.05, 0) is 69.4 Å². The Balaban J connectivity index is 1.09. The molecule has 1 amide bonds. The number of piperazine rings is 1. The zero-order valence-electron chi connectivity index (χ0n) is 23.1. The number of amides is 1. The van der Waals surface area contributed by atoms with E-state index in [1.807, 2.05) is 12.3 Å². The van der Waals surface area contributed by atoms with Crippen molar-refractivity contribution in [1.29, 1.82) is 0 Å². The zero-order valence-corrected chi connectivity index (χ0v) is 23.9. The second-order valence-electron chi connectivity index (χ2n) is 10.4. The molecule has 212 valence electrons. The minimum atomic E-state index is 0.128. The summed E-state index contributed by atoms with van der Waals surface area (Å²) in [6, 6.07) is 10.5. The molecule has 1 aromatic carbocycles. The Morgan fingerprint density at radius 1 is 0.923 bits per heavy atom. The Labute approximate surface area is 236 Å². The van der Waals surface area contributed by atoms with Crippen molar-refractivity contribution in [2.75, 3.05) is 107 Å². The van der Waals surface area contributed by atoms with Gasteiger partial charge in [-0.3, -0.25) is 9.69 Å². The largest absolute Gasteiger partial charge is 0.378 e. The Morgan fingerprint density at radius 3 is 2.38 bits per heavy atom. The summed E-state index contributed by atoms with van der Waals surface area (Å²) in [5.41, 5.74) is 2.21. The fourth-order valence-electron chi connectivity index (χ4n) is 5.39. The molecule has 0 saturated carbocycles. The maximum absolute atomic E-state index is 12.5. The van der Waals surface area contributed by atoms with Gasteiger partial charge in [-0.25, -0.2) is 9.97 Å². The molecule has 39 heavy (non-hydrogen) atoms. The second kappa shape index (κ2) is 14.2. The number of morpholine rings is 1. The Hall–Kier alpha value is -2.60. The first-order chi connectivity index (χ1) is 19.2. The zero-order chi connectivity index (χ0) is 26.9. The van der Waals surface area contributed by atoms with Gasteiger partial charge in [-0.2, -0.15) is 0 Å². The summed E-state index contributed by atoms with van der Waals surface area (Å²) >= 11 is 1.55. The van der Waals surface area contributed by atoms with Crippen LogP contribution in [0.1, 0.15) is 19.3 Å². The monoisotopic (exact) mass is 554 g/mol. The number of hydrogen-bond acceptors (Lipinski definition) is 10. The van der Waals surface area contributed by atoms with Crippen molar-refractivity contribution < 1.29 is 9.53 Å². The van der Waals surface area contributed by atoms with E-state index in [1.54, 1.807) is 11.8 Å².